The van der Waals surface area contributed by atoms with Crippen LogP contribution < -0.4 is 9.64 Å². The first-order valence-corrected chi connectivity index (χ1v) is 24.0. The van der Waals surface area contributed by atoms with Crippen LogP contribution in [0.2, 0.25) is 0 Å². The summed E-state index contributed by atoms with van der Waals surface area (Å²) in [4.78, 5) is 2.45. The van der Waals surface area contributed by atoms with Crippen molar-refractivity contribution in [1.29, 1.82) is 0 Å². The first kappa shape index (κ1) is 38.4. The van der Waals surface area contributed by atoms with Gasteiger partial charge in [0.2, 0.25) is 0 Å². The average molecular weight is 882 g/mol. The predicted molar refractivity (Wildman–Crippen MR) is 284 cm³/mol. The van der Waals surface area contributed by atoms with Crippen LogP contribution in [0.25, 0.3) is 76.9 Å². The van der Waals surface area contributed by atoms with E-state index in [-0.39, 0.29) is 5.41 Å². The largest absolute Gasteiger partial charge is 0.456 e. The van der Waals surface area contributed by atoms with Crippen molar-refractivity contribution in [2.24, 2.45) is 0 Å². The Labute approximate surface area is 400 Å². The Morgan fingerprint density at radius 1 is 0.333 bits per heavy atom. The van der Waals surface area contributed by atoms with Gasteiger partial charge in [0.25, 0.3) is 0 Å². The summed E-state index contributed by atoms with van der Waals surface area (Å²) in [6, 6.07) is 82.6. The standard InChI is InChI=1S/C66H43NO2/c1-65(2)55-20-10-7-17-49(55)53-38-45(30-35-56(53)65)67(44-28-23-40(24-29-44)43-25-32-52-51-19-9-12-22-61(51)68-62(52)37-43)46-31-36-58-54(39-46)50-18-8-11-21-57(50)66(58)59-33-26-41-13-3-5-15-47(41)63(59)69-64-48-16-6-4-14-42(48)27-34-60(64)66/h3-39H,1-2H3. The van der Waals surface area contributed by atoms with Crippen LogP contribution in [0, 0.1) is 0 Å². The third-order valence-corrected chi connectivity index (χ3v) is 15.7. The maximum atomic E-state index is 7.24. The van der Waals surface area contributed by atoms with E-state index in [1.54, 1.807) is 0 Å². The second-order valence-corrected chi connectivity index (χ2v) is 19.5. The summed E-state index contributed by atoms with van der Waals surface area (Å²) in [5.41, 5.74) is 19.2. The molecule has 3 heteroatoms. The molecule has 0 unspecified atom stereocenters. The number of hydrogen-bond acceptors (Lipinski definition) is 3. The van der Waals surface area contributed by atoms with E-state index in [0.29, 0.717) is 0 Å². The van der Waals surface area contributed by atoms with Crippen molar-refractivity contribution in [1.82, 2.24) is 0 Å². The van der Waals surface area contributed by atoms with Gasteiger partial charge in [-0.2, -0.15) is 0 Å². The van der Waals surface area contributed by atoms with Gasteiger partial charge >= 0.3 is 0 Å². The second kappa shape index (κ2) is 13.9. The van der Waals surface area contributed by atoms with Crippen LogP contribution in [0.4, 0.5) is 17.1 Å². The number of furan rings is 1. The van der Waals surface area contributed by atoms with Crippen LogP contribution in [0.3, 0.4) is 0 Å². The minimum Gasteiger partial charge on any atom is -0.456 e. The molecule has 0 fully saturated rings. The molecule has 12 aromatic rings. The number of nitrogens with zero attached hydrogens (tertiary/aromatic N) is 1. The van der Waals surface area contributed by atoms with Gasteiger partial charge in [-0.25, -0.2) is 0 Å². The van der Waals surface area contributed by atoms with Crippen LogP contribution in [-0.4, -0.2) is 0 Å². The van der Waals surface area contributed by atoms with E-state index >= 15 is 0 Å². The van der Waals surface area contributed by atoms with Crippen molar-refractivity contribution < 1.29 is 9.15 Å². The molecule has 0 radical (unpaired) electrons. The van der Waals surface area contributed by atoms with Gasteiger partial charge in [0, 0.05) is 55.1 Å². The molecule has 0 atom stereocenters. The summed E-state index contributed by atoms with van der Waals surface area (Å²) in [6.45, 7) is 4.70. The Bertz CT molecular complexity index is 4070. The molecule has 11 aromatic carbocycles. The molecule has 3 aliphatic rings. The first-order valence-electron chi connectivity index (χ1n) is 24.0. The number of ether oxygens (including phenoxy) is 1. The molecule has 0 N–H and O–H groups in total. The molecule has 2 aliphatic carbocycles. The maximum absolute atomic E-state index is 7.24. The number of benzene rings is 11. The van der Waals surface area contributed by atoms with E-state index in [1.807, 2.05) is 12.1 Å². The summed E-state index contributed by atoms with van der Waals surface area (Å²) >= 11 is 0. The topological polar surface area (TPSA) is 25.6 Å². The smallest absolute Gasteiger partial charge is 0.140 e. The van der Waals surface area contributed by atoms with E-state index in [4.69, 9.17) is 9.15 Å². The number of anilines is 3. The molecular weight excluding hydrogens is 839 g/mol. The average Bonchev–Trinajstić information content (AvgIpc) is 3.99. The molecular formula is C66H43NO2. The van der Waals surface area contributed by atoms with Crippen LogP contribution in [-0.2, 0) is 10.8 Å². The highest BCUT2D eigenvalue weighted by molar-refractivity contribution is 6.06. The molecule has 69 heavy (non-hydrogen) atoms. The van der Waals surface area contributed by atoms with Gasteiger partial charge in [-0.05, 0) is 121 Å². The van der Waals surface area contributed by atoms with E-state index in [0.717, 1.165) is 94.3 Å². The monoisotopic (exact) mass is 881 g/mol. The highest BCUT2D eigenvalue weighted by atomic mass is 16.5. The van der Waals surface area contributed by atoms with Gasteiger partial charge in [-0.3, -0.25) is 0 Å². The number of hydrogen-bond donors (Lipinski definition) is 0. The zero-order valence-electron chi connectivity index (χ0n) is 38.1. The molecule has 2 heterocycles. The number of rotatable bonds is 4. The van der Waals surface area contributed by atoms with Crippen molar-refractivity contribution in [2.75, 3.05) is 4.90 Å². The third kappa shape index (κ3) is 5.22. The lowest BCUT2D eigenvalue weighted by Crippen LogP contribution is -2.32. The SMILES string of the molecule is CC1(C)c2ccccc2-c2cc(N(c3ccc(-c4ccc5c(c4)oc4ccccc45)cc3)c3ccc4c(c3)-c3ccccc3C43c4ccc5ccccc5c4Oc4c3ccc3ccccc43)ccc21. The summed E-state index contributed by atoms with van der Waals surface area (Å²) in [5, 5.41) is 6.82. The molecule has 324 valence electrons. The van der Waals surface area contributed by atoms with Gasteiger partial charge in [0.15, 0.2) is 0 Å². The molecule has 1 aliphatic heterocycles. The van der Waals surface area contributed by atoms with Crippen LogP contribution in [0.15, 0.2) is 229 Å². The number of fused-ring (bicyclic) bond motifs is 19. The van der Waals surface area contributed by atoms with E-state index in [2.05, 4.69) is 231 Å². The second-order valence-electron chi connectivity index (χ2n) is 19.5. The fraction of sp³-hybridized carbons (Fsp3) is 0.0606. The Hall–Kier alpha value is -8.66. The molecule has 0 saturated carbocycles. The fourth-order valence-corrected chi connectivity index (χ4v) is 12.5. The number of para-hydroxylation sites is 1. The third-order valence-electron chi connectivity index (χ3n) is 15.7. The van der Waals surface area contributed by atoms with Crippen molar-refractivity contribution in [3.8, 4) is 44.9 Å². The van der Waals surface area contributed by atoms with Crippen LogP contribution in [0.1, 0.15) is 47.2 Å². The van der Waals surface area contributed by atoms with Crippen molar-refractivity contribution in [3.05, 3.63) is 258 Å². The van der Waals surface area contributed by atoms with E-state index < -0.39 is 5.41 Å². The van der Waals surface area contributed by atoms with Gasteiger partial charge in [-0.1, -0.05) is 184 Å². The van der Waals surface area contributed by atoms with Gasteiger partial charge in [-0.15, -0.1) is 0 Å². The lowest BCUT2D eigenvalue weighted by molar-refractivity contribution is 0.447. The van der Waals surface area contributed by atoms with Gasteiger partial charge in [0.1, 0.15) is 22.7 Å². The van der Waals surface area contributed by atoms with Crippen molar-refractivity contribution >= 4 is 60.5 Å². The zero-order valence-corrected chi connectivity index (χ0v) is 38.1. The molecule has 1 spiro atoms. The zero-order chi connectivity index (χ0) is 45.6. The summed E-state index contributed by atoms with van der Waals surface area (Å²) in [5.74, 6) is 1.84. The minimum atomic E-state index is -0.627. The normalized spacial score (nSPS) is 14.3. The van der Waals surface area contributed by atoms with Gasteiger partial charge in [0.05, 0.1) is 5.41 Å². The Kier molecular flexibility index (Phi) is 7.77. The molecule has 3 nitrogen and oxygen atoms in total. The van der Waals surface area contributed by atoms with E-state index in [1.165, 1.54) is 44.5 Å². The minimum absolute atomic E-state index is 0.101. The molecule has 0 saturated heterocycles. The van der Waals surface area contributed by atoms with Crippen LogP contribution >= 0.6 is 0 Å². The fourth-order valence-electron chi connectivity index (χ4n) is 12.5. The Morgan fingerprint density at radius 2 is 0.812 bits per heavy atom. The van der Waals surface area contributed by atoms with Crippen LogP contribution in [0.5, 0.6) is 11.5 Å². The summed E-state index contributed by atoms with van der Waals surface area (Å²) < 4.78 is 13.6. The first-order chi connectivity index (χ1) is 33.9. The quantitative estimate of drug-likeness (QED) is 0.176. The molecule has 0 amide bonds. The summed E-state index contributed by atoms with van der Waals surface area (Å²) in [7, 11) is 0. The lowest BCUT2D eigenvalue weighted by atomic mass is 9.65. The maximum Gasteiger partial charge on any atom is 0.140 e. The highest BCUT2D eigenvalue weighted by Crippen LogP contribution is 2.64. The van der Waals surface area contributed by atoms with E-state index in [9.17, 15) is 0 Å². The Morgan fingerprint density at radius 3 is 1.51 bits per heavy atom. The van der Waals surface area contributed by atoms with Crippen molar-refractivity contribution in [2.45, 2.75) is 24.7 Å². The lowest BCUT2D eigenvalue weighted by Gasteiger charge is -2.40. The van der Waals surface area contributed by atoms with Crippen molar-refractivity contribution in [3.63, 3.8) is 0 Å². The molecule has 15 rings (SSSR count). The summed E-state index contributed by atoms with van der Waals surface area (Å²) in [6.07, 6.45) is 0. The molecule has 0 bridgehead atoms. The van der Waals surface area contributed by atoms with Gasteiger partial charge < -0.3 is 14.1 Å². The molecule has 1 aromatic heterocycles. The predicted octanol–water partition coefficient (Wildman–Crippen LogP) is 17.8. The highest BCUT2D eigenvalue weighted by Gasteiger charge is 2.52. The Balaban J connectivity index is 0.946.